The highest BCUT2D eigenvalue weighted by Gasteiger charge is 2.82. The predicted octanol–water partition coefficient (Wildman–Crippen LogP) is 2.95. The minimum atomic E-state index is -5.90. The maximum atomic E-state index is 13.5. The van der Waals surface area contributed by atoms with Gasteiger partial charge in [0.2, 0.25) is 0 Å². The molecule has 108 valence electrons. The van der Waals surface area contributed by atoms with E-state index in [0.29, 0.717) is 13.8 Å². The van der Waals surface area contributed by atoms with Crippen molar-refractivity contribution in [3.05, 3.63) is 0 Å². The lowest BCUT2D eigenvalue weighted by Crippen LogP contribution is -2.75. The van der Waals surface area contributed by atoms with E-state index < -0.39 is 35.3 Å². The van der Waals surface area contributed by atoms with E-state index in [1.54, 1.807) is 0 Å². The molecule has 0 spiro atoms. The zero-order chi connectivity index (χ0) is 14.8. The fourth-order valence-electron chi connectivity index (χ4n) is 1.79. The van der Waals surface area contributed by atoms with Crippen molar-refractivity contribution in [2.24, 2.45) is 5.92 Å². The largest absolute Gasteiger partial charge is 0.449 e. The van der Waals surface area contributed by atoms with Crippen LogP contribution < -0.4 is 0 Å². The van der Waals surface area contributed by atoms with Gasteiger partial charge in [0, 0.05) is 0 Å². The van der Waals surface area contributed by atoms with Gasteiger partial charge in [-0.2, -0.15) is 22.0 Å². The van der Waals surface area contributed by atoms with E-state index in [1.807, 2.05) is 0 Å². The lowest BCUT2D eigenvalue weighted by molar-refractivity contribution is -0.505. The number of aliphatic hydroxyl groups is 1. The van der Waals surface area contributed by atoms with E-state index >= 15 is 0 Å². The van der Waals surface area contributed by atoms with Crippen LogP contribution in [-0.4, -0.2) is 34.5 Å². The minimum absolute atomic E-state index is 0.237. The molecule has 0 aromatic heterocycles. The first-order valence-electron chi connectivity index (χ1n) is 4.86. The molecule has 1 aliphatic rings. The molecule has 1 saturated heterocycles. The number of halogens is 7. The molecule has 1 aliphatic heterocycles. The maximum Gasteiger partial charge on any atom is 0.449 e. The lowest BCUT2D eigenvalue weighted by Gasteiger charge is -2.53. The molecule has 0 aromatic rings. The van der Waals surface area contributed by atoms with Crippen LogP contribution in [0.25, 0.3) is 0 Å². The lowest BCUT2D eigenvalue weighted by atomic mass is 9.78. The molecule has 9 heteroatoms. The van der Waals surface area contributed by atoms with Crippen LogP contribution in [0.15, 0.2) is 0 Å². The molecule has 0 bridgehead atoms. The first-order chi connectivity index (χ1) is 7.61. The van der Waals surface area contributed by atoms with E-state index in [4.69, 9.17) is 5.11 Å². The van der Waals surface area contributed by atoms with Crippen molar-refractivity contribution in [3.63, 3.8) is 0 Å². The molecular weight excluding hydrogens is 273 g/mol. The molecule has 0 aliphatic carbocycles. The zero-order valence-electron chi connectivity index (χ0n) is 9.58. The number of ether oxygens (including phenoxy) is 1. The summed E-state index contributed by atoms with van der Waals surface area (Å²) >= 11 is 0. The first-order valence-corrected chi connectivity index (χ1v) is 4.86. The molecule has 2 atom stereocenters. The van der Waals surface area contributed by atoms with E-state index in [0.717, 1.165) is 0 Å². The molecule has 1 rings (SSSR count). The Balaban J connectivity index is 3.44. The highest BCUT2D eigenvalue weighted by Crippen LogP contribution is 2.59. The quantitative estimate of drug-likeness (QED) is 0.693. The molecule has 0 saturated carbocycles. The highest BCUT2D eigenvalue weighted by molar-refractivity contribution is 5.09. The van der Waals surface area contributed by atoms with Gasteiger partial charge in [-0.3, -0.25) is 0 Å². The van der Waals surface area contributed by atoms with E-state index in [-0.39, 0.29) is 6.92 Å². The van der Waals surface area contributed by atoms with Crippen LogP contribution in [0.5, 0.6) is 0 Å². The average Bonchev–Trinajstić information content (AvgIpc) is 2.11. The Bertz CT molecular complexity index is 349. The van der Waals surface area contributed by atoms with E-state index in [9.17, 15) is 30.7 Å². The topological polar surface area (TPSA) is 29.5 Å². The van der Waals surface area contributed by atoms with Crippen LogP contribution in [0, 0.1) is 5.92 Å². The standard InChI is InChI=1S/C9H11F7O2/c1-4-6(10,11)5(2,3)18-8(17,7(4,12)13)9(14,15)16/h4,17H,1-3H3. The minimum Gasteiger partial charge on any atom is -0.354 e. The van der Waals surface area contributed by atoms with Gasteiger partial charge in [-0.1, -0.05) is 6.92 Å². The summed E-state index contributed by atoms with van der Waals surface area (Å²) in [5, 5.41) is 9.04. The number of hydrogen-bond acceptors (Lipinski definition) is 2. The SMILES string of the molecule is CC1C(F)(F)C(C)(C)OC(O)(C(F)(F)F)C1(F)F. The van der Waals surface area contributed by atoms with Gasteiger partial charge in [-0.25, -0.2) is 8.78 Å². The predicted molar refractivity (Wildman–Crippen MR) is 45.2 cm³/mol. The molecule has 18 heavy (non-hydrogen) atoms. The van der Waals surface area contributed by atoms with Crippen LogP contribution >= 0.6 is 0 Å². The van der Waals surface area contributed by atoms with E-state index in [1.165, 1.54) is 0 Å². The van der Waals surface area contributed by atoms with Crippen molar-refractivity contribution in [2.45, 2.75) is 50.2 Å². The van der Waals surface area contributed by atoms with Gasteiger partial charge in [0.1, 0.15) is 5.60 Å². The van der Waals surface area contributed by atoms with Crippen LogP contribution in [0.2, 0.25) is 0 Å². The van der Waals surface area contributed by atoms with Crippen molar-refractivity contribution in [2.75, 3.05) is 0 Å². The summed E-state index contributed by atoms with van der Waals surface area (Å²) in [5.74, 6) is -17.4. The Morgan fingerprint density at radius 3 is 1.72 bits per heavy atom. The normalized spacial score (nSPS) is 38.5. The Hall–Kier alpha value is -0.570. The third-order valence-corrected chi connectivity index (χ3v) is 3.13. The fourth-order valence-corrected chi connectivity index (χ4v) is 1.79. The molecule has 1 N–H and O–H groups in total. The van der Waals surface area contributed by atoms with Crippen LogP contribution in [0.1, 0.15) is 20.8 Å². The zero-order valence-corrected chi connectivity index (χ0v) is 9.58. The van der Waals surface area contributed by atoms with Gasteiger partial charge in [0.05, 0.1) is 5.92 Å². The molecule has 1 heterocycles. The van der Waals surface area contributed by atoms with Crippen molar-refractivity contribution < 1.29 is 40.6 Å². The third-order valence-electron chi connectivity index (χ3n) is 3.13. The van der Waals surface area contributed by atoms with Gasteiger partial charge in [0.15, 0.2) is 0 Å². The van der Waals surface area contributed by atoms with Gasteiger partial charge in [0.25, 0.3) is 5.92 Å². The fraction of sp³-hybridized carbons (Fsp3) is 1.00. The smallest absolute Gasteiger partial charge is 0.354 e. The second-order valence-electron chi connectivity index (χ2n) is 4.72. The number of hydrogen-bond donors (Lipinski definition) is 1. The molecule has 0 radical (unpaired) electrons. The highest BCUT2D eigenvalue weighted by atomic mass is 19.4. The van der Waals surface area contributed by atoms with E-state index in [2.05, 4.69) is 4.74 Å². The van der Waals surface area contributed by atoms with Gasteiger partial charge < -0.3 is 9.84 Å². The van der Waals surface area contributed by atoms with Gasteiger partial charge in [-0.05, 0) is 13.8 Å². The molecule has 1 fully saturated rings. The summed E-state index contributed by atoms with van der Waals surface area (Å²) in [7, 11) is 0. The van der Waals surface area contributed by atoms with Crippen molar-refractivity contribution >= 4 is 0 Å². The molecule has 2 unspecified atom stereocenters. The van der Waals surface area contributed by atoms with Crippen molar-refractivity contribution in [3.8, 4) is 0 Å². The first kappa shape index (κ1) is 15.5. The molecule has 0 amide bonds. The van der Waals surface area contributed by atoms with Crippen LogP contribution in [0.4, 0.5) is 30.7 Å². The van der Waals surface area contributed by atoms with Crippen LogP contribution in [-0.2, 0) is 4.74 Å². The van der Waals surface area contributed by atoms with Crippen molar-refractivity contribution in [1.29, 1.82) is 0 Å². The summed E-state index contributed by atoms with van der Waals surface area (Å²) in [6.45, 7) is 1.26. The summed E-state index contributed by atoms with van der Waals surface area (Å²) in [6.07, 6.45) is -5.90. The number of alkyl halides is 7. The Labute approximate surface area is 97.7 Å². The summed E-state index contributed by atoms with van der Waals surface area (Å²) in [6, 6.07) is 0. The third kappa shape index (κ3) is 1.63. The summed E-state index contributed by atoms with van der Waals surface area (Å²) < 4.78 is 95.0. The van der Waals surface area contributed by atoms with Crippen molar-refractivity contribution in [1.82, 2.24) is 0 Å². The second kappa shape index (κ2) is 3.50. The Morgan fingerprint density at radius 2 is 1.39 bits per heavy atom. The monoisotopic (exact) mass is 284 g/mol. The molecule has 2 nitrogen and oxygen atoms in total. The van der Waals surface area contributed by atoms with Crippen LogP contribution in [0.3, 0.4) is 0 Å². The van der Waals surface area contributed by atoms with Gasteiger partial charge in [-0.15, -0.1) is 0 Å². The number of rotatable bonds is 0. The Morgan fingerprint density at radius 1 is 1.00 bits per heavy atom. The molecule has 0 aromatic carbocycles. The Kier molecular flexibility index (Phi) is 3.01. The molecular formula is C9H11F7O2. The average molecular weight is 284 g/mol. The second-order valence-corrected chi connectivity index (χ2v) is 4.72. The van der Waals surface area contributed by atoms with Gasteiger partial charge >= 0.3 is 17.9 Å². The maximum absolute atomic E-state index is 13.5. The summed E-state index contributed by atoms with van der Waals surface area (Å²) in [5.41, 5.74) is -2.89. The summed E-state index contributed by atoms with van der Waals surface area (Å²) in [4.78, 5) is 0.